The molecule has 0 fully saturated rings. The van der Waals surface area contributed by atoms with Crippen molar-refractivity contribution in [2.45, 2.75) is 25.3 Å². The van der Waals surface area contributed by atoms with Crippen molar-refractivity contribution in [1.29, 1.82) is 0 Å². The summed E-state index contributed by atoms with van der Waals surface area (Å²) in [5, 5.41) is 0. The van der Waals surface area contributed by atoms with Crippen LogP contribution in [0.3, 0.4) is 0 Å². The highest BCUT2D eigenvalue weighted by atomic mass is 16.7. The number of fused-ring (bicyclic) bond motifs is 1. The Hall–Kier alpha value is -1.26. The van der Waals surface area contributed by atoms with Crippen molar-refractivity contribution in [3.8, 4) is 11.5 Å². The van der Waals surface area contributed by atoms with E-state index in [-0.39, 0.29) is 5.54 Å². The molecule has 0 aromatic heterocycles. The zero-order chi connectivity index (χ0) is 13.2. The lowest BCUT2D eigenvalue weighted by Gasteiger charge is -2.35. The highest BCUT2D eigenvalue weighted by Crippen LogP contribution is 2.33. The van der Waals surface area contributed by atoms with E-state index in [2.05, 4.69) is 38.1 Å². The molecule has 2 rings (SSSR count). The Bertz CT molecular complexity index is 420. The number of aryl methyl sites for hydroxylation is 1. The highest BCUT2D eigenvalue weighted by Gasteiger charge is 2.25. The first-order chi connectivity index (χ1) is 8.55. The van der Waals surface area contributed by atoms with Gasteiger partial charge < -0.3 is 20.1 Å². The number of rotatable bonds is 5. The predicted octanol–water partition coefficient (Wildman–Crippen LogP) is 1.63. The maximum absolute atomic E-state index is 5.88. The molecule has 0 radical (unpaired) electrons. The fourth-order valence-corrected chi connectivity index (χ4v) is 2.02. The van der Waals surface area contributed by atoms with E-state index in [1.54, 1.807) is 0 Å². The Kier molecular flexibility index (Phi) is 3.78. The topological polar surface area (TPSA) is 47.7 Å². The molecule has 100 valence electrons. The molecule has 1 aliphatic rings. The Morgan fingerprint density at radius 2 is 2.00 bits per heavy atom. The molecule has 1 atom stereocenters. The van der Waals surface area contributed by atoms with Gasteiger partial charge in [0.25, 0.3) is 0 Å². The van der Waals surface area contributed by atoms with E-state index in [0.29, 0.717) is 13.3 Å². The van der Waals surface area contributed by atoms with Gasteiger partial charge in [0, 0.05) is 12.1 Å². The summed E-state index contributed by atoms with van der Waals surface area (Å²) in [6.45, 7) is 3.18. The highest BCUT2D eigenvalue weighted by molar-refractivity contribution is 5.44. The molecule has 0 spiro atoms. The molecule has 2 N–H and O–H groups in total. The van der Waals surface area contributed by atoms with Gasteiger partial charge in [-0.15, -0.1) is 0 Å². The minimum atomic E-state index is 0.0381. The molecule has 4 nitrogen and oxygen atoms in total. The number of nitrogens with zero attached hydrogens (tertiary/aromatic N) is 1. The van der Waals surface area contributed by atoms with Crippen LogP contribution in [0.15, 0.2) is 18.2 Å². The number of hydrogen-bond donors (Lipinski definition) is 1. The van der Waals surface area contributed by atoms with E-state index in [4.69, 9.17) is 15.2 Å². The normalized spacial score (nSPS) is 16.9. The Labute approximate surface area is 109 Å². The maximum atomic E-state index is 5.88. The van der Waals surface area contributed by atoms with Crippen LogP contribution in [0.4, 0.5) is 0 Å². The Morgan fingerprint density at radius 3 is 2.67 bits per heavy atom. The molecule has 18 heavy (non-hydrogen) atoms. The van der Waals surface area contributed by atoms with E-state index in [0.717, 1.165) is 24.3 Å². The number of hydrogen-bond acceptors (Lipinski definition) is 4. The van der Waals surface area contributed by atoms with E-state index in [1.807, 2.05) is 6.07 Å². The minimum Gasteiger partial charge on any atom is -0.454 e. The van der Waals surface area contributed by atoms with Gasteiger partial charge in [-0.2, -0.15) is 0 Å². The lowest BCUT2D eigenvalue weighted by Crippen LogP contribution is -2.47. The van der Waals surface area contributed by atoms with Crippen LogP contribution in [0.25, 0.3) is 0 Å². The molecule has 4 heteroatoms. The van der Waals surface area contributed by atoms with Crippen molar-refractivity contribution in [2.75, 3.05) is 27.4 Å². The number of likely N-dealkylation sites (N-methyl/N-ethyl adjacent to an activating group) is 1. The van der Waals surface area contributed by atoms with Gasteiger partial charge in [0.15, 0.2) is 11.5 Å². The van der Waals surface area contributed by atoms with Crippen LogP contribution in [0, 0.1) is 0 Å². The first-order valence-corrected chi connectivity index (χ1v) is 6.31. The third-order valence-electron chi connectivity index (χ3n) is 3.91. The predicted molar refractivity (Wildman–Crippen MR) is 72.0 cm³/mol. The van der Waals surface area contributed by atoms with Crippen LogP contribution in [0.5, 0.6) is 11.5 Å². The fraction of sp³-hybridized carbons (Fsp3) is 0.571. The van der Waals surface area contributed by atoms with Crippen LogP contribution in [-0.2, 0) is 6.42 Å². The number of ether oxygens (including phenoxy) is 2. The van der Waals surface area contributed by atoms with Crippen LogP contribution in [0.2, 0.25) is 0 Å². The van der Waals surface area contributed by atoms with Crippen molar-refractivity contribution < 1.29 is 9.47 Å². The third kappa shape index (κ3) is 2.60. The largest absolute Gasteiger partial charge is 0.454 e. The van der Waals surface area contributed by atoms with Crippen LogP contribution < -0.4 is 15.2 Å². The van der Waals surface area contributed by atoms with Crippen LogP contribution >= 0.6 is 0 Å². The average Bonchev–Trinajstić information content (AvgIpc) is 2.82. The molecular formula is C14H22N2O2. The van der Waals surface area contributed by atoms with Gasteiger partial charge in [0.05, 0.1) is 0 Å². The summed E-state index contributed by atoms with van der Waals surface area (Å²) >= 11 is 0. The third-order valence-corrected chi connectivity index (χ3v) is 3.91. The zero-order valence-electron chi connectivity index (χ0n) is 11.4. The summed E-state index contributed by atoms with van der Waals surface area (Å²) in [7, 11) is 4.15. The molecule has 0 saturated carbocycles. The smallest absolute Gasteiger partial charge is 0.231 e. The summed E-state index contributed by atoms with van der Waals surface area (Å²) in [4.78, 5) is 2.19. The van der Waals surface area contributed by atoms with Crippen LogP contribution in [0.1, 0.15) is 18.9 Å². The van der Waals surface area contributed by atoms with Gasteiger partial charge in [-0.05, 0) is 51.6 Å². The second kappa shape index (κ2) is 5.16. The molecular weight excluding hydrogens is 228 g/mol. The van der Waals surface area contributed by atoms with Gasteiger partial charge in [-0.1, -0.05) is 6.07 Å². The Morgan fingerprint density at radius 1 is 1.28 bits per heavy atom. The first-order valence-electron chi connectivity index (χ1n) is 6.31. The number of benzene rings is 1. The fourth-order valence-electron chi connectivity index (χ4n) is 2.02. The van der Waals surface area contributed by atoms with Crippen molar-refractivity contribution >= 4 is 0 Å². The molecule has 0 aliphatic carbocycles. The second-order valence-corrected chi connectivity index (χ2v) is 5.28. The minimum absolute atomic E-state index is 0.0381. The molecule has 1 unspecified atom stereocenters. The lowest BCUT2D eigenvalue weighted by atomic mass is 9.92. The summed E-state index contributed by atoms with van der Waals surface area (Å²) in [5.41, 5.74) is 7.18. The number of nitrogens with two attached hydrogens (primary N) is 1. The van der Waals surface area contributed by atoms with Gasteiger partial charge in [-0.3, -0.25) is 0 Å². The summed E-state index contributed by atoms with van der Waals surface area (Å²) in [5.74, 6) is 1.69. The van der Waals surface area contributed by atoms with Gasteiger partial charge >= 0.3 is 0 Å². The molecule has 0 amide bonds. The summed E-state index contributed by atoms with van der Waals surface area (Å²) in [6, 6.07) is 6.14. The van der Waals surface area contributed by atoms with Crippen molar-refractivity contribution in [1.82, 2.24) is 4.90 Å². The average molecular weight is 250 g/mol. The standard InChI is InChI=1S/C14H22N2O2/c1-14(9-15,16(2)3)7-6-11-4-5-12-13(8-11)18-10-17-12/h4-5,8H,6-7,9-10,15H2,1-3H3. The Balaban J connectivity index is 2.02. The lowest BCUT2D eigenvalue weighted by molar-refractivity contribution is 0.169. The van der Waals surface area contributed by atoms with E-state index in [9.17, 15) is 0 Å². The molecule has 1 aliphatic heterocycles. The maximum Gasteiger partial charge on any atom is 0.231 e. The summed E-state index contributed by atoms with van der Waals surface area (Å²) in [6.07, 6.45) is 2.01. The van der Waals surface area contributed by atoms with E-state index < -0.39 is 0 Å². The van der Waals surface area contributed by atoms with Gasteiger partial charge in [-0.25, -0.2) is 0 Å². The van der Waals surface area contributed by atoms with Crippen LogP contribution in [-0.4, -0.2) is 37.9 Å². The molecule has 0 saturated heterocycles. The van der Waals surface area contributed by atoms with Crippen molar-refractivity contribution in [3.63, 3.8) is 0 Å². The molecule has 1 aromatic rings. The SMILES string of the molecule is CN(C)C(C)(CN)CCc1ccc2c(c1)OCO2. The quantitative estimate of drug-likeness (QED) is 0.863. The van der Waals surface area contributed by atoms with Gasteiger partial charge in [0.2, 0.25) is 6.79 Å². The van der Waals surface area contributed by atoms with Gasteiger partial charge in [0.1, 0.15) is 0 Å². The monoisotopic (exact) mass is 250 g/mol. The summed E-state index contributed by atoms with van der Waals surface area (Å²) < 4.78 is 10.7. The van der Waals surface area contributed by atoms with E-state index in [1.165, 1.54) is 5.56 Å². The molecule has 1 heterocycles. The van der Waals surface area contributed by atoms with Crippen molar-refractivity contribution in [2.24, 2.45) is 5.73 Å². The second-order valence-electron chi connectivity index (χ2n) is 5.28. The van der Waals surface area contributed by atoms with E-state index >= 15 is 0 Å². The first kappa shape index (κ1) is 13.2. The molecule has 1 aromatic carbocycles. The van der Waals surface area contributed by atoms with Crippen molar-refractivity contribution in [3.05, 3.63) is 23.8 Å². The zero-order valence-corrected chi connectivity index (χ0v) is 11.4. The molecule has 0 bridgehead atoms.